The summed E-state index contributed by atoms with van der Waals surface area (Å²) in [4.78, 5) is 13.7. The van der Waals surface area contributed by atoms with E-state index in [-0.39, 0.29) is 23.7 Å². The molecule has 190 valence electrons. The Kier molecular flexibility index (Phi) is 7.45. The first-order chi connectivity index (χ1) is 18.1. The van der Waals surface area contributed by atoms with Crippen molar-refractivity contribution < 1.29 is 19.4 Å². The van der Waals surface area contributed by atoms with Crippen LogP contribution >= 0.6 is 0 Å². The molecule has 1 fully saturated rings. The third kappa shape index (κ3) is 5.20. The molecule has 37 heavy (non-hydrogen) atoms. The third-order valence-electron chi connectivity index (χ3n) is 7.78. The largest absolute Gasteiger partial charge is 0.512 e. The summed E-state index contributed by atoms with van der Waals surface area (Å²) in [5.41, 5.74) is 2.26. The first-order valence-corrected chi connectivity index (χ1v) is 13.2. The van der Waals surface area contributed by atoms with Gasteiger partial charge in [0.05, 0.1) is 12.0 Å². The minimum atomic E-state index is -0.849. The molecule has 2 atom stereocenters. The third-order valence-corrected chi connectivity index (χ3v) is 7.78. The molecule has 1 heterocycles. The van der Waals surface area contributed by atoms with Crippen molar-refractivity contribution in [1.29, 1.82) is 0 Å². The lowest BCUT2D eigenvalue weighted by Crippen LogP contribution is -2.45. The van der Waals surface area contributed by atoms with Crippen LogP contribution in [0.4, 0.5) is 0 Å². The molecule has 0 aromatic heterocycles. The number of esters is 1. The number of ether oxygens (including phenoxy) is 2. The molecule has 1 aliphatic carbocycles. The topological polar surface area (TPSA) is 55.8 Å². The molecule has 0 amide bonds. The van der Waals surface area contributed by atoms with Gasteiger partial charge in [-0.1, -0.05) is 98.1 Å². The number of carbonyl (C=O) groups is 1. The normalized spacial score (nSPS) is 21.2. The highest BCUT2D eigenvalue weighted by Crippen LogP contribution is 2.50. The van der Waals surface area contributed by atoms with Gasteiger partial charge in [-0.15, -0.1) is 6.58 Å². The predicted octanol–water partition coefficient (Wildman–Crippen LogP) is 7.77. The molecular weight excluding hydrogens is 460 g/mol. The Hall–Kier alpha value is -3.79. The van der Waals surface area contributed by atoms with Crippen molar-refractivity contribution >= 4 is 5.97 Å². The van der Waals surface area contributed by atoms with Gasteiger partial charge in [0.15, 0.2) is 0 Å². The second kappa shape index (κ2) is 11.1. The number of cyclic esters (lactones) is 1. The molecule has 1 saturated carbocycles. The lowest BCUT2D eigenvalue weighted by Gasteiger charge is -2.45. The van der Waals surface area contributed by atoms with E-state index < -0.39 is 17.5 Å². The summed E-state index contributed by atoms with van der Waals surface area (Å²) in [7, 11) is 0. The van der Waals surface area contributed by atoms with Crippen LogP contribution in [-0.2, 0) is 21.7 Å². The van der Waals surface area contributed by atoms with Crippen molar-refractivity contribution in [3.63, 3.8) is 0 Å². The molecule has 0 saturated heterocycles. The number of allylic oxidation sites excluding steroid dienone is 1. The summed E-state index contributed by atoms with van der Waals surface area (Å²) in [5.74, 6) is -0.0238. The number of aliphatic hydroxyl groups is 1. The first kappa shape index (κ1) is 24.9. The van der Waals surface area contributed by atoms with Gasteiger partial charge in [0.1, 0.15) is 23.7 Å². The molecule has 5 rings (SSSR count). The second-order valence-electron chi connectivity index (χ2n) is 10.1. The van der Waals surface area contributed by atoms with Gasteiger partial charge < -0.3 is 14.6 Å². The Morgan fingerprint density at radius 3 is 2.35 bits per heavy atom. The number of hydrogen-bond donors (Lipinski definition) is 1. The molecule has 1 N–H and O–H groups in total. The highest BCUT2D eigenvalue weighted by Gasteiger charge is 2.50. The second-order valence-corrected chi connectivity index (χ2v) is 10.1. The van der Waals surface area contributed by atoms with E-state index in [1.807, 2.05) is 84.9 Å². The molecule has 4 nitrogen and oxygen atoms in total. The lowest BCUT2D eigenvalue weighted by molar-refractivity contribution is -0.171. The highest BCUT2D eigenvalue weighted by molar-refractivity contribution is 5.92. The van der Waals surface area contributed by atoms with Gasteiger partial charge in [-0.2, -0.15) is 0 Å². The molecular formula is C33H34O4. The average Bonchev–Trinajstić information content (AvgIpc) is 2.95. The number of carbonyl (C=O) groups excluding carboxylic acids is 1. The summed E-state index contributed by atoms with van der Waals surface area (Å²) < 4.78 is 12.4. The Bertz CT molecular complexity index is 1260. The number of rotatable bonds is 8. The molecule has 3 aromatic carbocycles. The SMILES string of the molecule is C=CC(C1=C(O)CC(c2ccccc2)(C2CCCCC2)OC1=O)c1cccc(OCc2ccccc2)c1. The zero-order valence-corrected chi connectivity index (χ0v) is 21.1. The van der Waals surface area contributed by atoms with E-state index in [2.05, 4.69) is 6.58 Å². The summed E-state index contributed by atoms with van der Waals surface area (Å²) in [6.45, 7) is 4.44. The molecule has 0 radical (unpaired) electrons. The van der Waals surface area contributed by atoms with Gasteiger partial charge in [0, 0.05) is 11.8 Å². The molecule has 2 unspecified atom stereocenters. The maximum Gasteiger partial charge on any atom is 0.339 e. The van der Waals surface area contributed by atoms with Crippen LogP contribution in [0.15, 0.2) is 109 Å². The predicted molar refractivity (Wildman–Crippen MR) is 145 cm³/mol. The maximum atomic E-state index is 13.7. The summed E-state index contributed by atoms with van der Waals surface area (Å²) >= 11 is 0. The van der Waals surface area contributed by atoms with Crippen LogP contribution in [0.1, 0.15) is 61.1 Å². The van der Waals surface area contributed by atoms with E-state index in [9.17, 15) is 9.90 Å². The van der Waals surface area contributed by atoms with Crippen LogP contribution in [-0.4, -0.2) is 11.1 Å². The van der Waals surface area contributed by atoms with Crippen molar-refractivity contribution in [1.82, 2.24) is 0 Å². The van der Waals surface area contributed by atoms with E-state index in [1.165, 1.54) is 6.42 Å². The quantitative estimate of drug-likeness (QED) is 0.257. The minimum absolute atomic E-state index is 0.0891. The fourth-order valence-corrected chi connectivity index (χ4v) is 5.90. The van der Waals surface area contributed by atoms with E-state index in [4.69, 9.17) is 9.47 Å². The van der Waals surface area contributed by atoms with Crippen LogP contribution in [0.25, 0.3) is 0 Å². The minimum Gasteiger partial charge on any atom is -0.512 e. The summed E-state index contributed by atoms with van der Waals surface area (Å²) in [5, 5.41) is 11.5. The van der Waals surface area contributed by atoms with Crippen LogP contribution in [0, 0.1) is 5.92 Å². The highest BCUT2D eigenvalue weighted by atomic mass is 16.6. The smallest absolute Gasteiger partial charge is 0.339 e. The van der Waals surface area contributed by atoms with Crippen molar-refractivity contribution in [2.75, 3.05) is 0 Å². The Morgan fingerprint density at radius 2 is 1.68 bits per heavy atom. The Morgan fingerprint density at radius 1 is 0.973 bits per heavy atom. The van der Waals surface area contributed by atoms with Gasteiger partial charge in [0.25, 0.3) is 0 Å². The molecule has 1 aliphatic heterocycles. The number of benzene rings is 3. The first-order valence-electron chi connectivity index (χ1n) is 13.2. The molecule has 0 bridgehead atoms. The molecule has 2 aliphatic rings. The van der Waals surface area contributed by atoms with Crippen LogP contribution in [0.5, 0.6) is 5.75 Å². The number of hydrogen-bond acceptors (Lipinski definition) is 4. The van der Waals surface area contributed by atoms with Crippen molar-refractivity contribution in [2.24, 2.45) is 5.92 Å². The van der Waals surface area contributed by atoms with Gasteiger partial charge in [-0.3, -0.25) is 0 Å². The van der Waals surface area contributed by atoms with Crippen molar-refractivity contribution in [2.45, 2.75) is 56.7 Å². The standard InChI is InChI=1S/C33H34O4/c1-2-29(25-15-12-20-28(21-25)36-23-24-13-6-3-7-14-24)31-30(34)22-33(37-32(31)35,26-16-8-4-9-17-26)27-18-10-5-11-19-27/h2-4,6-9,12-17,20-21,27,29,34H,1,5,10-11,18-19,22-23H2. The number of aliphatic hydroxyl groups excluding tert-OH is 1. The Labute approximate surface area is 219 Å². The summed E-state index contributed by atoms with van der Waals surface area (Å²) in [6, 6.07) is 27.5. The molecule has 4 heteroatoms. The van der Waals surface area contributed by atoms with E-state index in [0.29, 0.717) is 12.4 Å². The van der Waals surface area contributed by atoms with E-state index in [0.717, 1.165) is 42.4 Å². The van der Waals surface area contributed by atoms with Crippen molar-refractivity contribution in [3.8, 4) is 5.75 Å². The van der Waals surface area contributed by atoms with Gasteiger partial charge in [-0.05, 0) is 41.7 Å². The fraction of sp³-hybridized carbons (Fsp3) is 0.303. The van der Waals surface area contributed by atoms with Gasteiger partial charge >= 0.3 is 5.97 Å². The van der Waals surface area contributed by atoms with E-state index in [1.54, 1.807) is 6.08 Å². The van der Waals surface area contributed by atoms with Gasteiger partial charge in [0.2, 0.25) is 0 Å². The fourth-order valence-electron chi connectivity index (χ4n) is 5.90. The lowest BCUT2D eigenvalue weighted by atomic mass is 9.69. The summed E-state index contributed by atoms with van der Waals surface area (Å²) in [6.07, 6.45) is 7.35. The average molecular weight is 495 g/mol. The zero-order valence-electron chi connectivity index (χ0n) is 21.1. The molecule has 3 aromatic rings. The molecule has 0 spiro atoms. The van der Waals surface area contributed by atoms with Crippen LogP contribution in [0.2, 0.25) is 0 Å². The Balaban J connectivity index is 1.45. The monoisotopic (exact) mass is 494 g/mol. The van der Waals surface area contributed by atoms with Crippen LogP contribution in [0.3, 0.4) is 0 Å². The van der Waals surface area contributed by atoms with Gasteiger partial charge in [-0.25, -0.2) is 4.79 Å². The van der Waals surface area contributed by atoms with E-state index >= 15 is 0 Å². The zero-order chi connectivity index (χ0) is 25.7. The van der Waals surface area contributed by atoms with Crippen LogP contribution < -0.4 is 4.74 Å². The van der Waals surface area contributed by atoms with Crippen molar-refractivity contribution in [3.05, 3.63) is 126 Å². The maximum absolute atomic E-state index is 13.7.